The van der Waals surface area contributed by atoms with Crippen LogP contribution in [0.15, 0.2) is 47.7 Å². The molecule has 1 N–H and O–H groups in total. The van der Waals surface area contributed by atoms with Crippen LogP contribution in [0, 0.1) is 5.82 Å². The second-order valence-electron chi connectivity index (χ2n) is 8.28. The summed E-state index contributed by atoms with van der Waals surface area (Å²) in [4.78, 5) is 20.1. The topological polar surface area (TPSA) is 78.8 Å². The van der Waals surface area contributed by atoms with Crippen molar-refractivity contribution < 1.29 is 22.3 Å². The number of ether oxygens (including phenoxy) is 1. The lowest BCUT2D eigenvalue weighted by Gasteiger charge is -2.27. The van der Waals surface area contributed by atoms with Gasteiger partial charge in [-0.25, -0.2) is 14.4 Å². The van der Waals surface area contributed by atoms with Crippen molar-refractivity contribution in [2.24, 2.45) is 4.99 Å². The molecule has 1 aromatic carbocycles. The predicted molar refractivity (Wildman–Crippen MR) is 130 cm³/mol. The Morgan fingerprint density at radius 2 is 1.86 bits per heavy atom. The smallest absolute Gasteiger partial charge is 0.378 e. The Bertz CT molecular complexity index is 1210. The quantitative estimate of drug-likeness (QED) is 0.372. The number of aromatic nitrogens is 3. The number of benzene rings is 1. The van der Waals surface area contributed by atoms with Crippen LogP contribution in [-0.2, 0) is 17.3 Å². The number of pyridine rings is 1. The van der Waals surface area contributed by atoms with Gasteiger partial charge in [0.1, 0.15) is 0 Å². The van der Waals surface area contributed by atoms with E-state index in [1.165, 1.54) is 6.20 Å². The molecule has 0 saturated carbocycles. The molecule has 0 unspecified atom stereocenters. The molecular formula is C24H25F4N7O. The van der Waals surface area contributed by atoms with E-state index in [2.05, 4.69) is 25.3 Å². The van der Waals surface area contributed by atoms with E-state index in [9.17, 15) is 17.6 Å². The van der Waals surface area contributed by atoms with E-state index < -0.39 is 17.6 Å². The first-order valence-corrected chi connectivity index (χ1v) is 11.2. The lowest BCUT2D eigenvalue weighted by Crippen LogP contribution is -2.37. The average Bonchev–Trinajstić information content (AvgIpc) is 2.86. The van der Waals surface area contributed by atoms with Gasteiger partial charge in [0.15, 0.2) is 11.6 Å². The van der Waals surface area contributed by atoms with E-state index in [-0.39, 0.29) is 11.8 Å². The summed E-state index contributed by atoms with van der Waals surface area (Å²) < 4.78 is 59.3. The summed E-state index contributed by atoms with van der Waals surface area (Å²) in [6.07, 6.45) is 0.105. The van der Waals surface area contributed by atoms with Gasteiger partial charge in [-0.05, 0) is 30.3 Å². The fourth-order valence-electron chi connectivity index (χ4n) is 3.52. The Balaban J connectivity index is 1.41. The first-order valence-electron chi connectivity index (χ1n) is 11.2. The number of halogens is 4. The summed E-state index contributed by atoms with van der Waals surface area (Å²) in [6, 6.07) is 7.24. The highest BCUT2D eigenvalue weighted by Crippen LogP contribution is 2.35. The third-order valence-electron chi connectivity index (χ3n) is 5.41. The van der Waals surface area contributed by atoms with E-state index in [0.29, 0.717) is 55.5 Å². The molecule has 1 aliphatic heterocycles. The SMILES string of the molecule is CN(C)c1cc(Nc2ccc(C/C=N/c3ncc(F)c(N4CCOCC4)n3)nc2)cc(C(F)(F)F)c1. The molecule has 0 radical (unpaired) electrons. The third kappa shape index (κ3) is 6.45. The maximum absolute atomic E-state index is 14.1. The lowest BCUT2D eigenvalue weighted by molar-refractivity contribution is -0.137. The van der Waals surface area contributed by atoms with E-state index in [1.54, 1.807) is 48.3 Å². The van der Waals surface area contributed by atoms with Crippen LogP contribution < -0.4 is 15.1 Å². The number of nitrogens with zero attached hydrogens (tertiary/aromatic N) is 6. The number of alkyl halides is 3. The zero-order valence-electron chi connectivity index (χ0n) is 19.8. The lowest BCUT2D eigenvalue weighted by atomic mass is 10.1. The van der Waals surface area contributed by atoms with Gasteiger partial charge in [0.25, 0.3) is 5.95 Å². The molecule has 3 heterocycles. The molecule has 2 aromatic heterocycles. The van der Waals surface area contributed by atoms with Crippen LogP contribution in [-0.4, -0.2) is 61.6 Å². The van der Waals surface area contributed by atoms with Crippen LogP contribution in [0.1, 0.15) is 11.3 Å². The molecule has 36 heavy (non-hydrogen) atoms. The number of aliphatic imine (C=N–C) groups is 1. The second kappa shape index (κ2) is 10.9. The van der Waals surface area contributed by atoms with Crippen molar-refractivity contribution in [2.75, 3.05) is 55.5 Å². The molecule has 0 amide bonds. The van der Waals surface area contributed by atoms with Crippen LogP contribution in [0.4, 0.5) is 46.4 Å². The number of rotatable bonds is 7. The largest absolute Gasteiger partial charge is 0.416 e. The van der Waals surface area contributed by atoms with Crippen molar-refractivity contribution in [1.82, 2.24) is 15.0 Å². The summed E-state index contributed by atoms with van der Waals surface area (Å²) in [5.41, 5.74) is 1.20. The first kappa shape index (κ1) is 25.3. The Kier molecular flexibility index (Phi) is 7.63. The second-order valence-corrected chi connectivity index (χ2v) is 8.28. The zero-order valence-corrected chi connectivity index (χ0v) is 19.8. The Hall–Kier alpha value is -3.80. The average molecular weight is 504 g/mol. The fourth-order valence-corrected chi connectivity index (χ4v) is 3.52. The van der Waals surface area contributed by atoms with E-state index in [1.807, 2.05) is 0 Å². The highest BCUT2D eigenvalue weighted by molar-refractivity contribution is 5.67. The van der Waals surface area contributed by atoms with Crippen molar-refractivity contribution in [3.8, 4) is 0 Å². The van der Waals surface area contributed by atoms with Crippen molar-refractivity contribution in [2.45, 2.75) is 12.6 Å². The number of anilines is 4. The zero-order chi connectivity index (χ0) is 25.7. The van der Waals surface area contributed by atoms with Gasteiger partial charge in [0.05, 0.1) is 36.9 Å². The standard InChI is InChI=1S/C24H25F4N7O/c1-34(2)20-12-16(24(26,27)28)11-19(13-20)32-18-4-3-17(30-14-18)5-6-29-23-31-15-21(25)22(33-23)35-7-9-36-10-8-35/h3-4,6,11-15,32H,5,7-10H2,1-2H3/b29-6+. The molecule has 0 spiro atoms. The molecule has 3 aromatic rings. The number of hydrogen-bond donors (Lipinski definition) is 1. The number of nitrogens with one attached hydrogen (secondary N) is 1. The van der Waals surface area contributed by atoms with Gasteiger partial charge in [-0.2, -0.15) is 18.2 Å². The molecule has 0 bridgehead atoms. The minimum absolute atomic E-state index is 0.137. The fraction of sp³-hybridized carbons (Fsp3) is 0.333. The summed E-state index contributed by atoms with van der Waals surface area (Å²) >= 11 is 0. The molecule has 0 aliphatic carbocycles. The van der Waals surface area contributed by atoms with Crippen molar-refractivity contribution in [1.29, 1.82) is 0 Å². The van der Waals surface area contributed by atoms with Crippen LogP contribution >= 0.6 is 0 Å². The molecule has 12 heteroatoms. The Morgan fingerprint density at radius 3 is 2.53 bits per heavy atom. The van der Waals surface area contributed by atoms with Crippen LogP contribution in [0.3, 0.4) is 0 Å². The molecule has 8 nitrogen and oxygen atoms in total. The van der Waals surface area contributed by atoms with Crippen molar-refractivity contribution in [3.05, 3.63) is 59.8 Å². The van der Waals surface area contributed by atoms with Crippen LogP contribution in [0.5, 0.6) is 0 Å². The molecule has 1 fully saturated rings. The van der Waals surface area contributed by atoms with Gasteiger partial charge >= 0.3 is 6.18 Å². The summed E-state index contributed by atoms with van der Waals surface area (Å²) in [7, 11) is 3.36. The minimum atomic E-state index is -4.46. The van der Waals surface area contributed by atoms with Gasteiger partial charge in [-0.3, -0.25) is 4.98 Å². The number of hydrogen-bond acceptors (Lipinski definition) is 8. The monoisotopic (exact) mass is 503 g/mol. The molecule has 4 rings (SSSR count). The summed E-state index contributed by atoms with van der Waals surface area (Å²) in [5, 5.41) is 2.97. The first-order chi connectivity index (χ1) is 17.2. The molecular weight excluding hydrogens is 478 g/mol. The highest BCUT2D eigenvalue weighted by atomic mass is 19.4. The van der Waals surface area contributed by atoms with Crippen LogP contribution in [0.25, 0.3) is 0 Å². The van der Waals surface area contributed by atoms with E-state index in [4.69, 9.17) is 4.74 Å². The van der Waals surface area contributed by atoms with Crippen molar-refractivity contribution in [3.63, 3.8) is 0 Å². The van der Waals surface area contributed by atoms with E-state index >= 15 is 0 Å². The molecule has 190 valence electrons. The molecule has 1 saturated heterocycles. The maximum atomic E-state index is 14.1. The minimum Gasteiger partial charge on any atom is -0.378 e. The summed E-state index contributed by atoms with van der Waals surface area (Å²) in [6.45, 7) is 2.09. The van der Waals surface area contributed by atoms with Gasteiger partial charge in [-0.15, -0.1) is 0 Å². The normalized spacial score (nSPS) is 14.3. The maximum Gasteiger partial charge on any atom is 0.416 e. The summed E-state index contributed by atoms with van der Waals surface area (Å²) in [5.74, 6) is -0.183. The number of morpholine rings is 1. The predicted octanol–water partition coefficient (Wildman–Crippen LogP) is 4.62. The van der Waals surface area contributed by atoms with Gasteiger partial charge in [0.2, 0.25) is 0 Å². The molecule has 0 atom stereocenters. The van der Waals surface area contributed by atoms with Gasteiger partial charge in [0, 0.05) is 56.9 Å². The van der Waals surface area contributed by atoms with E-state index in [0.717, 1.165) is 18.3 Å². The molecule has 1 aliphatic rings. The highest BCUT2D eigenvalue weighted by Gasteiger charge is 2.31. The van der Waals surface area contributed by atoms with Gasteiger partial charge < -0.3 is 19.9 Å². The van der Waals surface area contributed by atoms with Crippen molar-refractivity contribution >= 4 is 35.0 Å². The third-order valence-corrected chi connectivity index (χ3v) is 5.41. The van der Waals surface area contributed by atoms with Crippen LogP contribution in [0.2, 0.25) is 0 Å². The van der Waals surface area contributed by atoms with Gasteiger partial charge in [-0.1, -0.05) is 0 Å². The Morgan fingerprint density at radius 1 is 1.08 bits per heavy atom. The Labute approximate surface area is 205 Å².